The first-order chi connectivity index (χ1) is 11.6. The SMILES string of the molecule is Cc1cccc(OCCNC(=O)CN2CCn3c(C)nnc3C2)c1. The Balaban J connectivity index is 1.37. The van der Waals surface area contributed by atoms with Gasteiger partial charge >= 0.3 is 0 Å². The fraction of sp³-hybridized carbons (Fsp3) is 0.471. The number of benzene rings is 1. The fourth-order valence-corrected chi connectivity index (χ4v) is 2.81. The van der Waals surface area contributed by atoms with Crippen LogP contribution >= 0.6 is 0 Å². The zero-order valence-electron chi connectivity index (χ0n) is 14.2. The zero-order valence-corrected chi connectivity index (χ0v) is 14.2. The molecule has 2 heterocycles. The van der Waals surface area contributed by atoms with Crippen LogP contribution < -0.4 is 10.1 Å². The van der Waals surface area contributed by atoms with E-state index in [0.717, 1.165) is 36.1 Å². The summed E-state index contributed by atoms with van der Waals surface area (Å²) in [5, 5.41) is 11.1. The third-order valence-electron chi connectivity index (χ3n) is 4.07. The summed E-state index contributed by atoms with van der Waals surface area (Å²) >= 11 is 0. The Hall–Kier alpha value is -2.41. The van der Waals surface area contributed by atoms with Crippen LogP contribution in [0.4, 0.5) is 0 Å². The van der Waals surface area contributed by atoms with Crippen LogP contribution in [0.1, 0.15) is 17.2 Å². The van der Waals surface area contributed by atoms with Gasteiger partial charge in [0.05, 0.1) is 19.6 Å². The standard InChI is InChI=1S/C17H23N5O2/c1-13-4-3-5-15(10-13)24-9-6-18-17(23)12-21-7-8-22-14(2)19-20-16(22)11-21/h3-5,10H,6-9,11-12H2,1-2H3,(H,18,23). The molecule has 0 spiro atoms. The van der Waals surface area contributed by atoms with Crippen molar-refractivity contribution < 1.29 is 9.53 Å². The molecule has 0 aliphatic carbocycles. The molecule has 0 saturated carbocycles. The second kappa shape index (κ2) is 7.44. The first-order valence-corrected chi connectivity index (χ1v) is 8.19. The number of aromatic nitrogens is 3. The third kappa shape index (κ3) is 4.11. The van der Waals surface area contributed by atoms with E-state index < -0.39 is 0 Å². The van der Waals surface area contributed by atoms with Gasteiger partial charge in [0.15, 0.2) is 0 Å². The van der Waals surface area contributed by atoms with Crippen LogP contribution in [0.2, 0.25) is 0 Å². The lowest BCUT2D eigenvalue weighted by Gasteiger charge is -2.26. The maximum Gasteiger partial charge on any atom is 0.234 e. The van der Waals surface area contributed by atoms with Crippen molar-refractivity contribution in [3.05, 3.63) is 41.5 Å². The number of fused-ring (bicyclic) bond motifs is 1. The van der Waals surface area contributed by atoms with Gasteiger partial charge in [-0.25, -0.2) is 0 Å². The van der Waals surface area contributed by atoms with Gasteiger partial charge in [0.1, 0.15) is 24.0 Å². The maximum atomic E-state index is 12.0. The molecule has 7 heteroatoms. The lowest BCUT2D eigenvalue weighted by Crippen LogP contribution is -2.42. The second-order valence-electron chi connectivity index (χ2n) is 6.04. The minimum Gasteiger partial charge on any atom is -0.492 e. The Morgan fingerprint density at radius 2 is 2.17 bits per heavy atom. The number of hydrogen-bond acceptors (Lipinski definition) is 5. The number of nitrogens with one attached hydrogen (secondary N) is 1. The van der Waals surface area contributed by atoms with Gasteiger partial charge < -0.3 is 14.6 Å². The molecule has 1 aromatic heterocycles. The summed E-state index contributed by atoms with van der Waals surface area (Å²) < 4.78 is 7.73. The van der Waals surface area contributed by atoms with Crippen LogP contribution in [0.5, 0.6) is 5.75 Å². The van der Waals surface area contributed by atoms with Crippen LogP contribution in [0, 0.1) is 13.8 Å². The van der Waals surface area contributed by atoms with Gasteiger partial charge in [-0.1, -0.05) is 12.1 Å². The van der Waals surface area contributed by atoms with Gasteiger partial charge in [-0.2, -0.15) is 0 Å². The summed E-state index contributed by atoms with van der Waals surface area (Å²) in [6, 6.07) is 7.88. The van der Waals surface area contributed by atoms with Crippen molar-refractivity contribution in [1.82, 2.24) is 25.0 Å². The Labute approximate surface area is 141 Å². The number of carbonyl (C=O) groups excluding carboxylic acids is 1. The topological polar surface area (TPSA) is 72.3 Å². The number of aryl methyl sites for hydroxylation is 2. The molecular formula is C17H23N5O2. The highest BCUT2D eigenvalue weighted by atomic mass is 16.5. The predicted molar refractivity (Wildman–Crippen MR) is 89.7 cm³/mol. The average molecular weight is 329 g/mol. The number of hydrogen-bond donors (Lipinski definition) is 1. The fourth-order valence-electron chi connectivity index (χ4n) is 2.81. The summed E-state index contributed by atoms with van der Waals surface area (Å²) in [4.78, 5) is 14.1. The van der Waals surface area contributed by atoms with Crippen molar-refractivity contribution >= 4 is 5.91 Å². The molecule has 0 bridgehead atoms. The highest BCUT2D eigenvalue weighted by Gasteiger charge is 2.20. The largest absolute Gasteiger partial charge is 0.492 e. The van der Waals surface area contributed by atoms with E-state index >= 15 is 0 Å². The second-order valence-corrected chi connectivity index (χ2v) is 6.04. The molecule has 2 aromatic rings. The summed E-state index contributed by atoms with van der Waals surface area (Å²) in [5.41, 5.74) is 1.16. The summed E-state index contributed by atoms with van der Waals surface area (Å²) in [7, 11) is 0. The quantitative estimate of drug-likeness (QED) is 0.798. The number of ether oxygens (including phenoxy) is 1. The minimum atomic E-state index is 0.00697. The van der Waals surface area contributed by atoms with Crippen LogP contribution in [0.25, 0.3) is 0 Å². The first-order valence-electron chi connectivity index (χ1n) is 8.19. The molecule has 1 N–H and O–H groups in total. The van der Waals surface area contributed by atoms with Crippen LogP contribution in [-0.4, -0.2) is 51.8 Å². The molecule has 0 unspecified atom stereocenters. The van der Waals surface area contributed by atoms with Crippen LogP contribution in [-0.2, 0) is 17.9 Å². The van der Waals surface area contributed by atoms with Gasteiger partial charge in [-0.05, 0) is 31.5 Å². The highest BCUT2D eigenvalue weighted by Crippen LogP contribution is 2.12. The van der Waals surface area contributed by atoms with E-state index in [9.17, 15) is 4.79 Å². The lowest BCUT2D eigenvalue weighted by molar-refractivity contribution is -0.122. The number of amides is 1. The number of rotatable bonds is 6. The van der Waals surface area contributed by atoms with Gasteiger partial charge in [0.2, 0.25) is 5.91 Å². The molecule has 7 nitrogen and oxygen atoms in total. The highest BCUT2D eigenvalue weighted by molar-refractivity contribution is 5.78. The van der Waals surface area contributed by atoms with Crippen molar-refractivity contribution in [3.8, 4) is 5.75 Å². The molecule has 0 fully saturated rings. The number of nitrogens with zero attached hydrogens (tertiary/aromatic N) is 4. The van der Waals surface area contributed by atoms with E-state index in [1.54, 1.807) is 0 Å². The van der Waals surface area contributed by atoms with E-state index in [2.05, 4.69) is 25.0 Å². The molecule has 24 heavy (non-hydrogen) atoms. The zero-order chi connectivity index (χ0) is 16.9. The maximum absolute atomic E-state index is 12.0. The van der Waals surface area contributed by atoms with Crippen molar-refractivity contribution in [1.29, 1.82) is 0 Å². The van der Waals surface area contributed by atoms with E-state index in [4.69, 9.17) is 4.74 Å². The summed E-state index contributed by atoms with van der Waals surface area (Å²) in [5.74, 6) is 2.69. The van der Waals surface area contributed by atoms with Crippen molar-refractivity contribution in [2.24, 2.45) is 0 Å². The van der Waals surface area contributed by atoms with Gasteiger partial charge in [0, 0.05) is 13.1 Å². The molecule has 0 radical (unpaired) electrons. The van der Waals surface area contributed by atoms with Crippen molar-refractivity contribution in [2.75, 3.05) is 26.2 Å². The molecule has 0 saturated heterocycles. The lowest BCUT2D eigenvalue weighted by atomic mass is 10.2. The Morgan fingerprint density at radius 3 is 3.00 bits per heavy atom. The Kier molecular flexibility index (Phi) is 5.10. The molecule has 0 atom stereocenters. The van der Waals surface area contributed by atoms with E-state index in [-0.39, 0.29) is 5.91 Å². The van der Waals surface area contributed by atoms with E-state index in [1.807, 2.05) is 38.1 Å². The minimum absolute atomic E-state index is 0.00697. The summed E-state index contributed by atoms with van der Waals surface area (Å²) in [6.45, 7) is 7.63. The Morgan fingerprint density at radius 1 is 1.29 bits per heavy atom. The van der Waals surface area contributed by atoms with Crippen molar-refractivity contribution in [2.45, 2.75) is 26.9 Å². The van der Waals surface area contributed by atoms with Crippen LogP contribution in [0.15, 0.2) is 24.3 Å². The van der Waals surface area contributed by atoms with Gasteiger partial charge in [0.25, 0.3) is 0 Å². The van der Waals surface area contributed by atoms with Crippen molar-refractivity contribution in [3.63, 3.8) is 0 Å². The molecule has 1 aromatic carbocycles. The molecule has 1 amide bonds. The molecular weight excluding hydrogens is 306 g/mol. The normalized spacial score (nSPS) is 14.2. The average Bonchev–Trinajstić information content (AvgIpc) is 2.92. The monoisotopic (exact) mass is 329 g/mol. The molecule has 1 aliphatic rings. The molecule has 1 aliphatic heterocycles. The molecule has 128 valence electrons. The first kappa shape index (κ1) is 16.4. The van der Waals surface area contributed by atoms with Gasteiger partial charge in [-0.3, -0.25) is 9.69 Å². The summed E-state index contributed by atoms with van der Waals surface area (Å²) in [6.07, 6.45) is 0. The predicted octanol–water partition coefficient (Wildman–Crippen LogP) is 0.906. The van der Waals surface area contributed by atoms with E-state index in [1.165, 1.54) is 0 Å². The van der Waals surface area contributed by atoms with Gasteiger partial charge in [-0.15, -0.1) is 10.2 Å². The number of carbonyl (C=O) groups is 1. The van der Waals surface area contributed by atoms with Crippen LogP contribution in [0.3, 0.4) is 0 Å². The Bertz CT molecular complexity index is 713. The smallest absolute Gasteiger partial charge is 0.234 e. The van der Waals surface area contributed by atoms with E-state index in [0.29, 0.717) is 26.2 Å². The third-order valence-corrected chi connectivity index (χ3v) is 4.07. The molecule has 3 rings (SSSR count).